The van der Waals surface area contributed by atoms with Gasteiger partial charge < -0.3 is 19.7 Å². The molecule has 1 amide bonds. The van der Waals surface area contributed by atoms with E-state index < -0.39 is 0 Å². The standard InChI is InChI=1S/C22H29N3O3S/c1-4-29-22-20(16(2)12-19(24-22)25-8-10-28-11-9-25)21(26)23-14-17-6-5-7-18(13-17)15-27-3/h5-7,12-13H,4,8-11,14-15H2,1-3H3,(H,23,26). The number of carbonyl (C=O) groups is 1. The van der Waals surface area contributed by atoms with Crippen molar-refractivity contribution in [2.45, 2.75) is 32.0 Å². The first-order valence-corrected chi connectivity index (χ1v) is 10.9. The Labute approximate surface area is 177 Å². The van der Waals surface area contributed by atoms with Gasteiger partial charge >= 0.3 is 0 Å². The van der Waals surface area contributed by atoms with Crippen molar-refractivity contribution < 1.29 is 14.3 Å². The van der Waals surface area contributed by atoms with Gasteiger partial charge in [-0.05, 0) is 35.4 Å². The number of amides is 1. The molecule has 156 valence electrons. The number of thioether (sulfide) groups is 1. The molecule has 0 aliphatic carbocycles. The average molecular weight is 416 g/mol. The zero-order valence-corrected chi connectivity index (χ0v) is 18.2. The molecule has 1 fully saturated rings. The Kier molecular flexibility index (Phi) is 7.91. The molecule has 29 heavy (non-hydrogen) atoms. The monoisotopic (exact) mass is 415 g/mol. The van der Waals surface area contributed by atoms with Crippen molar-refractivity contribution in [2.24, 2.45) is 0 Å². The Hall–Kier alpha value is -2.09. The highest BCUT2D eigenvalue weighted by Gasteiger charge is 2.20. The number of ether oxygens (including phenoxy) is 2. The molecule has 7 heteroatoms. The quantitative estimate of drug-likeness (QED) is 0.667. The molecule has 0 atom stereocenters. The second kappa shape index (κ2) is 10.6. The molecule has 0 unspecified atom stereocenters. The Balaban J connectivity index is 1.77. The first-order chi connectivity index (χ1) is 14.1. The summed E-state index contributed by atoms with van der Waals surface area (Å²) in [6.07, 6.45) is 0. The van der Waals surface area contributed by atoms with E-state index in [0.29, 0.717) is 31.9 Å². The first-order valence-electron chi connectivity index (χ1n) is 9.94. The van der Waals surface area contributed by atoms with Gasteiger partial charge in [0.05, 0.1) is 25.4 Å². The molecule has 1 aromatic carbocycles. The highest BCUT2D eigenvalue weighted by molar-refractivity contribution is 7.99. The van der Waals surface area contributed by atoms with Crippen molar-refractivity contribution in [3.63, 3.8) is 0 Å². The van der Waals surface area contributed by atoms with Crippen LogP contribution in [-0.4, -0.2) is 50.1 Å². The number of aryl methyl sites for hydroxylation is 1. The van der Waals surface area contributed by atoms with Gasteiger partial charge in [0.15, 0.2) is 0 Å². The minimum atomic E-state index is -0.0865. The van der Waals surface area contributed by atoms with Gasteiger partial charge in [0.25, 0.3) is 5.91 Å². The molecule has 1 aromatic heterocycles. The van der Waals surface area contributed by atoms with Gasteiger partial charge in [-0.3, -0.25) is 4.79 Å². The number of pyridine rings is 1. The Bertz CT molecular complexity index is 838. The van der Waals surface area contributed by atoms with E-state index in [2.05, 4.69) is 23.2 Å². The van der Waals surface area contributed by atoms with E-state index in [1.54, 1.807) is 18.9 Å². The number of nitrogens with zero attached hydrogens (tertiary/aromatic N) is 2. The third-order valence-corrected chi connectivity index (χ3v) is 5.63. The van der Waals surface area contributed by atoms with Crippen LogP contribution in [0.25, 0.3) is 0 Å². The number of methoxy groups -OCH3 is 1. The molecule has 1 saturated heterocycles. The predicted molar refractivity (Wildman–Crippen MR) is 117 cm³/mol. The van der Waals surface area contributed by atoms with Crippen LogP contribution in [0.15, 0.2) is 35.4 Å². The maximum Gasteiger partial charge on any atom is 0.254 e. The van der Waals surface area contributed by atoms with Crippen LogP contribution in [0.2, 0.25) is 0 Å². The fourth-order valence-electron chi connectivity index (χ4n) is 3.37. The van der Waals surface area contributed by atoms with Crippen LogP contribution < -0.4 is 10.2 Å². The number of hydrogen-bond donors (Lipinski definition) is 1. The average Bonchev–Trinajstić information content (AvgIpc) is 2.73. The summed E-state index contributed by atoms with van der Waals surface area (Å²) in [7, 11) is 1.68. The topological polar surface area (TPSA) is 63.7 Å². The number of morpholine rings is 1. The van der Waals surface area contributed by atoms with Crippen LogP contribution >= 0.6 is 11.8 Å². The molecule has 1 N–H and O–H groups in total. The summed E-state index contributed by atoms with van der Waals surface area (Å²) in [5, 5.41) is 3.85. The van der Waals surface area contributed by atoms with Gasteiger partial charge in [0.2, 0.25) is 0 Å². The molecule has 2 aromatic rings. The molecule has 0 radical (unpaired) electrons. The van der Waals surface area contributed by atoms with E-state index in [-0.39, 0.29) is 5.91 Å². The van der Waals surface area contributed by atoms with Crippen molar-refractivity contribution in [1.82, 2.24) is 10.3 Å². The summed E-state index contributed by atoms with van der Waals surface area (Å²) in [5.41, 5.74) is 3.76. The maximum absolute atomic E-state index is 13.0. The lowest BCUT2D eigenvalue weighted by Crippen LogP contribution is -2.37. The summed E-state index contributed by atoms with van der Waals surface area (Å²) in [6, 6.07) is 10.1. The fraction of sp³-hybridized carbons (Fsp3) is 0.455. The number of rotatable bonds is 8. The number of carbonyl (C=O) groups excluding carboxylic acids is 1. The largest absolute Gasteiger partial charge is 0.380 e. The minimum Gasteiger partial charge on any atom is -0.380 e. The van der Waals surface area contributed by atoms with E-state index in [1.165, 1.54) is 0 Å². The van der Waals surface area contributed by atoms with Crippen LogP contribution in [0, 0.1) is 6.92 Å². The number of anilines is 1. The van der Waals surface area contributed by atoms with Crippen molar-refractivity contribution in [3.05, 3.63) is 52.6 Å². The second-order valence-electron chi connectivity index (χ2n) is 6.95. The van der Waals surface area contributed by atoms with Crippen LogP contribution in [0.3, 0.4) is 0 Å². The Morgan fingerprint density at radius 1 is 1.28 bits per heavy atom. The SMILES string of the molecule is CCSc1nc(N2CCOCC2)cc(C)c1C(=O)NCc1cccc(COC)c1. The lowest BCUT2D eigenvalue weighted by molar-refractivity contribution is 0.0946. The van der Waals surface area contributed by atoms with Crippen molar-refractivity contribution in [2.75, 3.05) is 44.1 Å². The summed E-state index contributed by atoms with van der Waals surface area (Å²) >= 11 is 1.61. The van der Waals surface area contributed by atoms with Crippen molar-refractivity contribution >= 4 is 23.5 Å². The summed E-state index contributed by atoms with van der Waals surface area (Å²) in [6.45, 7) is 8.16. The molecule has 1 aliphatic rings. The molecule has 0 saturated carbocycles. The van der Waals surface area contributed by atoms with Crippen molar-refractivity contribution in [3.8, 4) is 0 Å². The van der Waals surface area contributed by atoms with Gasteiger partial charge in [0.1, 0.15) is 10.8 Å². The molecular weight excluding hydrogens is 386 g/mol. The van der Waals surface area contributed by atoms with Crippen molar-refractivity contribution in [1.29, 1.82) is 0 Å². The van der Waals surface area contributed by atoms with Gasteiger partial charge in [-0.2, -0.15) is 0 Å². The lowest BCUT2D eigenvalue weighted by Gasteiger charge is -2.28. The van der Waals surface area contributed by atoms with E-state index >= 15 is 0 Å². The van der Waals surface area contributed by atoms with Crippen LogP contribution in [0.4, 0.5) is 5.82 Å². The van der Waals surface area contributed by atoms with E-state index in [1.807, 2.05) is 31.2 Å². The van der Waals surface area contributed by atoms with E-state index in [4.69, 9.17) is 14.5 Å². The van der Waals surface area contributed by atoms with Gasteiger partial charge in [-0.1, -0.05) is 31.2 Å². The van der Waals surface area contributed by atoms with Crippen LogP contribution in [0.1, 0.15) is 34.0 Å². The highest BCUT2D eigenvalue weighted by Crippen LogP contribution is 2.28. The van der Waals surface area contributed by atoms with Gasteiger partial charge in [0, 0.05) is 26.7 Å². The molecule has 6 nitrogen and oxygen atoms in total. The summed E-state index contributed by atoms with van der Waals surface area (Å²) in [5.74, 6) is 1.69. The van der Waals surface area contributed by atoms with E-state index in [0.717, 1.165) is 46.4 Å². The van der Waals surface area contributed by atoms with Gasteiger partial charge in [-0.25, -0.2) is 4.98 Å². The number of benzene rings is 1. The minimum absolute atomic E-state index is 0.0865. The van der Waals surface area contributed by atoms with Crippen LogP contribution in [-0.2, 0) is 22.6 Å². The maximum atomic E-state index is 13.0. The predicted octanol–water partition coefficient (Wildman–Crippen LogP) is 3.42. The van der Waals surface area contributed by atoms with Crippen LogP contribution in [0.5, 0.6) is 0 Å². The summed E-state index contributed by atoms with van der Waals surface area (Å²) in [4.78, 5) is 20.0. The Morgan fingerprint density at radius 3 is 2.76 bits per heavy atom. The molecular formula is C22H29N3O3S. The zero-order chi connectivity index (χ0) is 20.6. The molecule has 1 aliphatic heterocycles. The first kappa shape index (κ1) is 21.6. The molecule has 0 spiro atoms. The smallest absolute Gasteiger partial charge is 0.254 e. The van der Waals surface area contributed by atoms with E-state index in [9.17, 15) is 4.79 Å². The van der Waals surface area contributed by atoms with Gasteiger partial charge in [-0.15, -0.1) is 11.8 Å². The molecule has 0 bridgehead atoms. The number of aromatic nitrogens is 1. The third kappa shape index (κ3) is 5.72. The summed E-state index contributed by atoms with van der Waals surface area (Å²) < 4.78 is 10.6. The molecule has 2 heterocycles. The lowest BCUT2D eigenvalue weighted by atomic mass is 10.1. The zero-order valence-electron chi connectivity index (χ0n) is 17.4. The fourth-order valence-corrected chi connectivity index (χ4v) is 4.19. The molecule has 3 rings (SSSR count). The highest BCUT2D eigenvalue weighted by atomic mass is 32.2. The number of nitrogens with one attached hydrogen (secondary N) is 1. The number of hydrogen-bond acceptors (Lipinski definition) is 6. The normalized spacial score (nSPS) is 14.1. The Morgan fingerprint density at radius 2 is 2.03 bits per heavy atom. The second-order valence-corrected chi connectivity index (χ2v) is 8.20. The third-order valence-electron chi connectivity index (χ3n) is 4.77.